The van der Waals surface area contributed by atoms with E-state index in [-0.39, 0.29) is 0 Å². The number of benzene rings is 2. The summed E-state index contributed by atoms with van der Waals surface area (Å²) in [7, 11) is 3.75. The van der Waals surface area contributed by atoms with Crippen LogP contribution in [0.15, 0.2) is 53.1 Å². The van der Waals surface area contributed by atoms with Gasteiger partial charge in [0.15, 0.2) is 0 Å². The molecule has 0 saturated heterocycles. The highest BCUT2D eigenvalue weighted by Crippen LogP contribution is 2.18. The minimum atomic E-state index is 0.345. The van der Waals surface area contributed by atoms with Crippen LogP contribution in [0.1, 0.15) is 23.9 Å². The van der Waals surface area contributed by atoms with Crippen molar-refractivity contribution in [1.29, 1.82) is 0 Å². The second-order valence-corrected chi connectivity index (χ2v) is 6.69. The van der Waals surface area contributed by atoms with Crippen molar-refractivity contribution in [2.45, 2.75) is 32.9 Å². The van der Waals surface area contributed by atoms with E-state index >= 15 is 0 Å². The third kappa shape index (κ3) is 4.49. The molecule has 0 amide bonds. The van der Waals surface area contributed by atoms with E-state index in [1.54, 1.807) is 7.11 Å². The topological polar surface area (TPSA) is 51.4 Å². The smallest absolute Gasteiger partial charge is 0.241 e. The van der Waals surface area contributed by atoms with Gasteiger partial charge in [-0.3, -0.25) is 4.90 Å². The zero-order valence-electron chi connectivity index (χ0n) is 15.8. The minimum absolute atomic E-state index is 0.345. The summed E-state index contributed by atoms with van der Waals surface area (Å²) in [6.07, 6.45) is 0.944. The molecule has 1 atom stereocenters. The Morgan fingerprint density at radius 3 is 2.42 bits per heavy atom. The molecule has 3 rings (SSSR count). The lowest BCUT2D eigenvalue weighted by Gasteiger charge is -2.23. The van der Waals surface area contributed by atoms with Crippen LogP contribution < -0.4 is 4.74 Å². The number of aryl methyl sites for hydroxylation is 1. The molecular formula is C21H25N3O2. The lowest BCUT2D eigenvalue weighted by Crippen LogP contribution is -2.30. The summed E-state index contributed by atoms with van der Waals surface area (Å²) in [4.78, 5) is 6.75. The van der Waals surface area contributed by atoms with E-state index in [9.17, 15) is 0 Å². The van der Waals surface area contributed by atoms with Gasteiger partial charge in [0.2, 0.25) is 11.7 Å². The number of aromatic nitrogens is 2. The number of rotatable bonds is 7. The van der Waals surface area contributed by atoms with Crippen LogP contribution in [0.5, 0.6) is 5.75 Å². The second-order valence-electron chi connectivity index (χ2n) is 6.69. The predicted octanol–water partition coefficient (Wildman–Crippen LogP) is 4.12. The van der Waals surface area contributed by atoms with Gasteiger partial charge in [-0.25, -0.2) is 0 Å². The standard InChI is InChI=1S/C21H25N3O2/c1-15-5-9-18(10-6-15)21-22-20(26-23-21)14-24(3)16(2)13-17-7-11-19(25-4)12-8-17/h5-12,16H,13-14H2,1-4H3. The quantitative estimate of drug-likeness (QED) is 0.641. The molecule has 3 aromatic rings. The van der Waals surface area contributed by atoms with E-state index < -0.39 is 0 Å². The average Bonchev–Trinajstić information content (AvgIpc) is 3.11. The molecule has 1 unspecified atom stereocenters. The van der Waals surface area contributed by atoms with Crippen LogP contribution >= 0.6 is 0 Å². The van der Waals surface area contributed by atoms with Crippen molar-refractivity contribution < 1.29 is 9.26 Å². The van der Waals surface area contributed by atoms with Crippen molar-refractivity contribution in [3.05, 3.63) is 65.5 Å². The maximum atomic E-state index is 5.43. The summed E-state index contributed by atoms with van der Waals surface area (Å²) in [6.45, 7) is 4.88. The minimum Gasteiger partial charge on any atom is -0.497 e. The lowest BCUT2D eigenvalue weighted by atomic mass is 10.1. The van der Waals surface area contributed by atoms with E-state index in [2.05, 4.69) is 60.2 Å². The van der Waals surface area contributed by atoms with Gasteiger partial charge in [0.1, 0.15) is 5.75 Å². The Morgan fingerprint density at radius 2 is 1.77 bits per heavy atom. The van der Waals surface area contributed by atoms with Crippen LogP contribution in [0.3, 0.4) is 0 Å². The summed E-state index contributed by atoms with van der Waals surface area (Å²) in [5, 5.41) is 4.10. The fourth-order valence-corrected chi connectivity index (χ4v) is 2.77. The van der Waals surface area contributed by atoms with Gasteiger partial charge in [0.05, 0.1) is 13.7 Å². The Kier molecular flexibility index (Phi) is 5.68. The highest BCUT2D eigenvalue weighted by atomic mass is 16.5. The van der Waals surface area contributed by atoms with Crippen molar-refractivity contribution in [3.8, 4) is 17.1 Å². The third-order valence-corrected chi connectivity index (χ3v) is 4.61. The van der Waals surface area contributed by atoms with Crippen LogP contribution in [-0.4, -0.2) is 35.2 Å². The summed E-state index contributed by atoms with van der Waals surface area (Å²) in [5.41, 5.74) is 3.46. The lowest BCUT2D eigenvalue weighted by molar-refractivity contribution is 0.213. The maximum absolute atomic E-state index is 5.43. The fraction of sp³-hybridized carbons (Fsp3) is 0.333. The molecule has 0 saturated carbocycles. The van der Waals surface area contributed by atoms with Crippen LogP contribution in [-0.2, 0) is 13.0 Å². The normalized spacial score (nSPS) is 12.3. The molecule has 0 bridgehead atoms. The van der Waals surface area contributed by atoms with Gasteiger partial charge in [-0.1, -0.05) is 47.1 Å². The SMILES string of the molecule is COc1ccc(CC(C)N(C)Cc2nc(-c3ccc(C)cc3)no2)cc1. The first-order valence-corrected chi connectivity index (χ1v) is 8.78. The summed E-state index contributed by atoms with van der Waals surface area (Å²) < 4.78 is 10.6. The van der Waals surface area contributed by atoms with E-state index in [0.717, 1.165) is 17.7 Å². The van der Waals surface area contributed by atoms with Gasteiger partial charge in [-0.05, 0) is 45.0 Å². The Balaban J connectivity index is 1.60. The number of methoxy groups -OCH3 is 1. The van der Waals surface area contributed by atoms with Gasteiger partial charge in [0.25, 0.3) is 0 Å². The molecule has 0 aliphatic carbocycles. The first kappa shape index (κ1) is 18.1. The van der Waals surface area contributed by atoms with E-state index in [1.807, 2.05) is 24.3 Å². The Morgan fingerprint density at radius 1 is 1.08 bits per heavy atom. The average molecular weight is 351 g/mol. The van der Waals surface area contributed by atoms with E-state index in [1.165, 1.54) is 11.1 Å². The summed E-state index contributed by atoms with van der Waals surface area (Å²) >= 11 is 0. The molecule has 0 fully saturated rings. The van der Waals surface area contributed by atoms with Crippen molar-refractivity contribution in [2.75, 3.05) is 14.2 Å². The molecule has 0 radical (unpaired) electrons. The van der Waals surface area contributed by atoms with Crippen LogP contribution in [0, 0.1) is 6.92 Å². The first-order valence-electron chi connectivity index (χ1n) is 8.78. The van der Waals surface area contributed by atoms with E-state index in [4.69, 9.17) is 9.26 Å². The molecule has 1 aromatic heterocycles. The Bertz CT molecular complexity index is 825. The number of ether oxygens (including phenoxy) is 1. The van der Waals surface area contributed by atoms with Gasteiger partial charge in [-0.2, -0.15) is 4.98 Å². The highest BCUT2D eigenvalue weighted by molar-refractivity contribution is 5.54. The zero-order chi connectivity index (χ0) is 18.5. The molecule has 1 heterocycles. The maximum Gasteiger partial charge on any atom is 0.241 e. The van der Waals surface area contributed by atoms with Gasteiger partial charge < -0.3 is 9.26 Å². The molecular weight excluding hydrogens is 326 g/mol. The molecule has 0 spiro atoms. The number of likely N-dealkylation sites (N-methyl/N-ethyl adjacent to an activating group) is 1. The number of nitrogens with zero attached hydrogens (tertiary/aromatic N) is 3. The van der Waals surface area contributed by atoms with Crippen LogP contribution in [0.2, 0.25) is 0 Å². The Labute approximate surface area is 154 Å². The van der Waals surface area contributed by atoms with Crippen molar-refractivity contribution in [3.63, 3.8) is 0 Å². The van der Waals surface area contributed by atoms with Crippen molar-refractivity contribution >= 4 is 0 Å². The summed E-state index contributed by atoms with van der Waals surface area (Å²) in [6, 6.07) is 16.7. The first-order chi connectivity index (χ1) is 12.5. The third-order valence-electron chi connectivity index (χ3n) is 4.61. The molecule has 0 aliphatic heterocycles. The van der Waals surface area contributed by atoms with Crippen molar-refractivity contribution in [2.24, 2.45) is 0 Å². The van der Waals surface area contributed by atoms with Crippen molar-refractivity contribution in [1.82, 2.24) is 15.0 Å². The van der Waals surface area contributed by atoms with Crippen LogP contribution in [0.4, 0.5) is 0 Å². The molecule has 5 nitrogen and oxygen atoms in total. The number of hydrogen-bond donors (Lipinski definition) is 0. The highest BCUT2D eigenvalue weighted by Gasteiger charge is 2.15. The van der Waals surface area contributed by atoms with Gasteiger partial charge in [0, 0.05) is 11.6 Å². The molecule has 26 heavy (non-hydrogen) atoms. The molecule has 2 aromatic carbocycles. The largest absolute Gasteiger partial charge is 0.497 e. The predicted molar refractivity (Wildman–Crippen MR) is 102 cm³/mol. The monoisotopic (exact) mass is 351 g/mol. The van der Waals surface area contributed by atoms with Crippen LogP contribution in [0.25, 0.3) is 11.4 Å². The fourth-order valence-electron chi connectivity index (χ4n) is 2.77. The number of hydrogen-bond acceptors (Lipinski definition) is 5. The van der Waals surface area contributed by atoms with Gasteiger partial charge >= 0.3 is 0 Å². The van der Waals surface area contributed by atoms with E-state index in [0.29, 0.717) is 24.3 Å². The molecule has 5 heteroatoms. The molecule has 0 N–H and O–H groups in total. The van der Waals surface area contributed by atoms with Gasteiger partial charge in [-0.15, -0.1) is 0 Å². The Hall–Kier alpha value is -2.66. The molecule has 0 aliphatic rings. The summed E-state index contributed by atoms with van der Waals surface area (Å²) in [5.74, 6) is 2.14. The zero-order valence-corrected chi connectivity index (χ0v) is 15.8. The molecule has 136 valence electrons. The second kappa shape index (κ2) is 8.15.